The number of aliphatic hydroxyl groups is 1. The fourth-order valence-electron chi connectivity index (χ4n) is 2.86. The lowest BCUT2D eigenvalue weighted by molar-refractivity contribution is -0.188. The molecule has 4 unspecified atom stereocenters. The molecule has 0 spiro atoms. The zero-order valence-corrected chi connectivity index (χ0v) is 11.7. The molecule has 3 N–H and O–H groups in total. The quantitative estimate of drug-likeness (QED) is 0.715. The van der Waals surface area contributed by atoms with Gasteiger partial charge in [-0.3, -0.25) is 4.79 Å². The first kappa shape index (κ1) is 16.5. The van der Waals surface area contributed by atoms with Crippen LogP contribution >= 0.6 is 0 Å². The molecule has 0 bridgehead atoms. The first-order chi connectivity index (χ1) is 9.83. The summed E-state index contributed by atoms with van der Waals surface area (Å²) in [5.41, 5.74) is 0. The Morgan fingerprint density at radius 3 is 2.71 bits per heavy atom. The van der Waals surface area contributed by atoms with Gasteiger partial charge in [-0.1, -0.05) is 0 Å². The smallest absolute Gasteiger partial charge is 0.392 e. The Morgan fingerprint density at radius 2 is 2.10 bits per heavy atom. The molecule has 2 fully saturated rings. The lowest BCUT2D eigenvalue weighted by Crippen LogP contribution is -2.47. The summed E-state index contributed by atoms with van der Waals surface area (Å²) in [7, 11) is 0. The van der Waals surface area contributed by atoms with Crippen LogP contribution in [-0.2, 0) is 9.53 Å². The number of hydrogen-bond acceptors (Lipinski definition) is 4. The van der Waals surface area contributed by atoms with E-state index in [4.69, 9.17) is 4.74 Å². The zero-order chi connectivity index (χ0) is 15.5. The maximum atomic E-state index is 12.1. The van der Waals surface area contributed by atoms with E-state index in [1.807, 2.05) is 0 Å². The van der Waals surface area contributed by atoms with Gasteiger partial charge in [0.2, 0.25) is 5.91 Å². The molecule has 2 rings (SSSR count). The summed E-state index contributed by atoms with van der Waals surface area (Å²) >= 11 is 0. The van der Waals surface area contributed by atoms with Crippen LogP contribution in [0.3, 0.4) is 0 Å². The number of carbonyl (C=O) groups excluding carboxylic acids is 1. The molecule has 8 heteroatoms. The van der Waals surface area contributed by atoms with Crippen molar-refractivity contribution in [1.82, 2.24) is 10.6 Å². The van der Waals surface area contributed by atoms with E-state index in [1.165, 1.54) is 0 Å². The van der Waals surface area contributed by atoms with E-state index in [0.717, 1.165) is 12.8 Å². The van der Waals surface area contributed by atoms with Crippen LogP contribution in [0.4, 0.5) is 13.2 Å². The number of halogens is 3. The van der Waals surface area contributed by atoms with Crippen molar-refractivity contribution >= 4 is 5.91 Å². The summed E-state index contributed by atoms with van der Waals surface area (Å²) < 4.78 is 41.3. The topological polar surface area (TPSA) is 70.6 Å². The third-order valence-corrected chi connectivity index (χ3v) is 3.88. The van der Waals surface area contributed by atoms with E-state index in [-0.39, 0.29) is 11.9 Å². The standard InChI is InChI=1S/C13H21F3N2O3/c14-13(15,16)7-21-10-3-1-2-8(4-10)18-12(20)11-5-9(19)6-17-11/h8-11,17,19H,1-7H2,(H,18,20). The number of nitrogens with one attached hydrogen (secondary N) is 2. The summed E-state index contributed by atoms with van der Waals surface area (Å²) in [4.78, 5) is 12.0. The molecule has 1 saturated carbocycles. The normalized spacial score (nSPS) is 33.9. The predicted molar refractivity (Wildman–Crippen MR) is 68.6 cm³/mol. The van der Waals surface area contributed by atoms with Crippen LogP contribution in [0.25, 0.3) is 0 Å². The highest BCUT2D eigenvalue weighted by atomic mass is 19.4. The minimum atomic E-state index is -4.32. The molecule has 1 amide bonds. The van der Waals surface area contributed by atoms with Gasteiger partial charge in [0, 0.05) is 12.6 Å². The van der Waals surface area contributed by atoms with Gasteiger partial charge in [-0.2, -0.15) is 13.2 Å². The molecular formula is C13H21F3N2O3. The molecule has 21 heavy (non-hydrogen) atoms. The van der Waals surface area contributed by atoms with Gasteiger partial charge in [0.15, 0.2) is 0 Å². The minimum Gasteiger partial charge on any atom is -0.392 e. The predicted octanol–water partition coefficient (Wildman–Crippen LogP) is 0.715. The Morgan fingerprint density at radius 1 is 1.33 bits per heavy atom. The first-order valence-corrected chi connectivity index (χ1v) is 7.23. The molecule has 1 saturated heterocycles. The molecular weight excluding hydrogens is 289 g/mol. The Labute approximate surface area is 121 Å². The molecule has 1 heterocycles. The number of ether oxygens (including phenoxy) is 1. The van der Waals surface area contributed by atoms with E-state index in [2.05, 4.69) is 10.6 Å². The number of rotatable bonds is 4. The van der Waals surface area contributed by atoms with E-state index < -0.39 is 31.0 Å². The van der Waals surface area contributed by atoms with Crippen LogP contribution in [0.1, 0.15) is 32.1 Å². The molecule has 2 aliphatic rings. The van der Waals surface area contributed by atoms with E-state index in [9.17, 15) is 23.1 Å². The van der Waals surface area contributed by atoms with Crippen molar-refractivity contribution in [1.29, 1.82) is 0 Å². The molecule has 1 aliphatic carbocycles. The van der Waals surface area contributed by atoms with Gasteiger partial charge in [0.1, 0.15) is 6.61 Å². The average molecular weight is 310 g/mol. The SMILES string of the molecule is O=C(NC1CCCC(OCC(F)(F)F)C1)C1CC(O)CN1. The lowest BCUT2D eigenvalue weighted by atomic mass is 9.92. The summed E-state index contributed by atoms with van der Waals surface area (Å²) in [6.07, 6.45) is -2.48. The third-order valence-electron chi connectivity index (χ3n) is 3.88. The maximum Gasteiger partial charge on any atom is 0.411 e. The first-order valence-electron chi connectivity index (χ1n) is 7.23. The summed E-state index contributed by atoms with van der Waals surface area (Å²) in [6, 6.07) is -0.583. The number of aliphatic hydroxyl groups excluding tert-OH is 1. The van der Waals surface area contributed by atoms with Gasteiger partial charge in [-0.05, 0) is 32.1 Å². The van der Waals surface area contributed by atoms with Gasteiger partial charge in [-0.25, -0.2) is 0 Å². The molecule has 0 aromatic carbocycles. The number of carbonyl (C=O) groups is 1. The molecule has 4 atom stereocenters. The van der Waals surface area contributed by atoms with Crippen molar-refractivity contribution < 1.29 is 27.8 Å². The summed E-state index contributed by atoms with van der Waals surface area (Å²) in [6.45, 7) is -0.852. The number of hydrogen-bond donors (Lipinski definition) is 3. The molecule has 1 aliphatic heterocycles. The van der Waals surface area contributed by atoms with E-state index in [1.54, 1.807) is 0 Å². The Kier molecular flexibility index (Phi) is 5.45. The average Bonchev–Trinajstić information content (AvgIpc) is 2.83. The second-order valence-corrected chi connectivity index (χ2v) is 5.77. The van der Waals surface area contributed by atoms with Crippen LogP contribution in [0.15, 0.2) is 0 Å². The van der Waals surface area contributed by atoms with Gasteiger partial charge in [0.05, 0.1) is 18.2 Å². The monoisotopic (exact) mass is 310 g/mol. The van der Waals surface area contributed by atoms with E-state index >= 15 is 0 Å². The number of β-amino-alcohol motifs (C(OH)–C–C–N with tert-alkyl or cyclic N) is 1. The Bertz CT molecular complexity index is 365. The molecule has 0 aromatic heterocycles. The molecule has 122 valence electrons. The highest BCUT2D eigenvalue weighted by Gasteiger charge is 2.33. The van der Waals surface area contributed by atoms with Crippen molar-refractivity contribution in [2.45, 2.75) is 62.6 Å². The Hall–Kier alpha value is -0.860. The molecule has 0 radical (unpaired) electrons. The summed E-state index contributed by atoms with van der Waals surface area (Å²) in [5.74, 6) is -0.201. The van der Waals surface area contributed by atoms with Crippen molar-refractivity contribution in [2.75, 3.05) is 13.2 Å². The van der Waals surface area contributed by atoms with E-state index in [0.29, 0.717) is 25.8 Å². The fourth-order valence-corrected chi connectivity index (χ4v) is 2.86. The highest BCUT2D eigenvalue weighted by molar-refractivity contribution is 5.82. The number of amides is 1. The third kappa shape index (κ3) is 5.44. The van der Waals surface area contributed by atoms with Crippen LogP contribution < -0.4 is 10.6 Å². The van der Waals surface area contributed by atoms with Gasteiger partial charge in [0.25, 0.3) is 0 Å². The Balaban J connectivity index is 1.74. The zero-order valence-electron chi connectivity index (χ0n) is 11.7. The largest absolute Gasteiger partial charge is 0.411 e. The van der Waals surface area contributed by atoms with Crippen LogP contribution in [0.2, 0.25) is 0 Å². The van der Waals surface area contributed by atoms with Crippen LogP contribution in [0, 0.1) is 0 Å². The van der Waals surface area contributed by atoms with Crippen molar-refractivity contribution in [3.05, 3.63) is 0 Å². The van der Waals surface area contributed by atoms with Crippen LogP contribution in [0.5, 0.6) is 0 Å². The minimum absolute atomic E-state index is 0.163. The molecule has 5 nitrogen and oxygen atoms in total. The second kappa shape index (κ2) is 6.93. The van der Waals surface area contributed by atoms with Crippen molar-refractivity contribution in [3.63, 3.8) is 0 Å². The van der Waals surface area contributed by atoms with Gasteiger partial charge in [-0.15, -0.1) is 0 Å². The second-order valence-electron chi connectivity index (χ2n) is 5.77. The maximum absolute atomic E-state index is 12.1. The van der Waals surface area contributed by atoms with Gasteiger partial charge >= 0.3 is 6.18 Å². The number of alkyl halides is 3. The van der Waals surface area contributed by atoms with Gasteiger partial charge < -0.3 is 20.5 Å². The summed E-state index contributed by atoms with van der Waals surface area (Å²) in [5, 5.41) is 15.1. The highest BCUT2D eigenvalue weighted by Crippen LogP contribution is 2.24. The molecule has 0 aromatic rings. The van der Waals surface area contributed by atoms with Crippen molar-refractivity contribution in [3.8, 4) is 0 Å². The fraction of sp³-hybridized carbons (Fsp3) is 0.923. The van der Waals surface area contributed by atoms with Crippen molar-refractivity contribution in [2.24, 2.45) is 0 Å². The lowest BCUT2D eigenvalue weighted by Gasteiger charge is -2.30. The van der Waals surface area contributed by atoms with Crippen LogP contribution in [-0.4, -0.2) is 54.6 Å².